The summed E-state index contributed by atoms with van der Waals surface area (Å²) in [4.78, 5) is 161. The fourth-order valence-corrected chi connectivity index (χ4v) is 17.6. The molecule has 0 bridgehead atoms. The van der Waals surface area contributed by atoms with E-state index in [1.54, 1.807) is 81.1 Å². The van der Waals surface area contributed by atoms with Crippen LogP contribution < -0.4 is 66.3 Å². The Balaban J connectivity index is 0.000000186. The lowest BCUT2D eigenvalue weighted by Gasteiger charge is -2.19. The first kappa shape index (κ1) is 119. The van der Waals surface area contributed by atoms with Gasteiger partial charge in [0.2, 0.25) is 22.6 Å². The maximum Gasteiger partial charge on any atom is 0.490 e. The number of carboxylic acid groups (broad SMARTS) is 4. The number of aromatic nitrogens is 6. The number of rotatable bonds is 21. The third-order valence-electron chi connectivity index (χ3n) is 20.8. The molecule has 14 aromatic rings. The number of benzene rings is 8. The van der Waals surface area contributed by atoms with Crippen molar-refractivity contribution in [1.82, 2.24) is 29.9 Å². The highest BCUT2D eigenvalue weighted by atomic mass is 79.9. The molecule has 0 saturated heterocycles. The second-order valence-electron chi connectivity index (χ2n) is 31.3. The standard InChI is InChI=1S/C14H14BrNO6.C12H10BrNO4.C12H12BrNO3.C11H10BNO3.C11H7BrClNO.C11H10BrNO3.C11H8BrNO.C7H8BrNO.C7H6O5.C5H6O5/c1-8(17)22-10(7-14(19)20)6-13(18)16-12-5-9(21-2)3-4-11(12)15;1-18-8-3-2-7(13)12-11(8)6(5-10(16)17)4-9(15)14-12;1-17-9-3-2-8(13)12-11(9)7(4-5-15)6-10(16)14-12;14-12(15)8-1-2-9-10-7(4-6-16-9)3-5-13-11(8)10;12-7-1-2-8-10-6(3-4-15-8)5-9(13)14-11(7)10;12-7-1-2-8(15)10-6(3-4-14)5-9(16)13-11(7)10;12-8-1-2-9-10-7(4-6-14-9)3-5-13-11(8)10;1-10-5-2-3-6(8)7(9)4-5;1-4(8)11-5-2-6(9)12-7(10)3-5;6-3(1-4(7)8)2-5(9)10/h3-5,7H,6H2,1-2H3,(H,16,18)(H,19,20);2-4H,5H2,1H3,(H,14,15)(H,16,17);2-3,6,15H,4-5H2,1H3,(H,14,16);1-3,5,14-15H,4,6H2;1-2,5H,3-4H2;1-2,5,14-15H,3-4H2,(H,13,16);1-3,5H,4,6H2;2-4H,9H2,1H3;2H,3H2,1H3;1-2H2,(H,7,8)(H,9,10)/b10-7+;;;;;;;;;. The molecule has 0 saturated carbocycles. The number of phenols is 1. The zero-order valence-corrected chi connectivity index (χ0v) is 91.6. The van der Waals surface area contributed by atoms with Gasteiger partial charge in [-0.2, -0.15) is 0 Å². The molecular formula is C101H91BBr7ClN8O32. The molecule has 6 aromatic heterocycles. The van der Waals surface area contributed by atoms with E-state index in [0.29, 0.717) is 129 Å². The molecule has 15 N–H and O–H groups in total. The molecule has 49 heteroatoms. The number of aliphatic carboxylic acids is 4. The van der Waals surface area contributed by atoms with Crippen LogP contribution in [-0.4, -0.2) is 204 Å². The number of ether oxygens (including phenoxy) is 10. The van der Waals surface area contributed by atoms with E-state index < -0.39 is 85.8 Å². The Morgan fingerprint density at radius 1 is 0.500 bits per heavy atom. The molecule has 4 aliphatic heterocycles. The number of phenolic OH excluding ortho intramolecular Hbond substituents is 1. The number of aliphatic hydroxyl groups is 2. The van der Waals surface area contributed by atoms with Crippen LogP contribution in [0.15, 0.2) is 227 Å². The van der Waals surface area contributed by atoms with Gasteiger partial charge in [0.05, 0.1) is 112 Å². The van der Waals surface area contributed by atoms with Crippen molar-refractivity contribution in [2.24, 2.45) is 0 Å². The van der Waals surface area contributed by atoms with Crippen LogP contribution in [-0.2, 0) is 101 Å². The lowest BCUT2D eigenvalue weighted by molar-refractivity contribution is -0.158. The Kier molecular flexibility index (Phi) is 45.9. The minimum Gasteiger partial charge on any atom is -0.507 e. The van der Waals surface area contributed by atoms with E-state index in [4.69, 9.17) is 81.1 Å². The van der Waals surface area contributed by atoms with Gasteiger partial charge >= 0.3 is 54.9 Å². The second-order valence-corrected chi connectivity index (χ2v) is 37.7. The van der Waals surface area contributed by atoms with Crippen molar-refractivity contribution in [2.45, 2.75) is 78.1 Å². The number of nitrogens with one attached hydrogen (secondary N) is 4. The summed E-state index contributed by atoms with van der Waals surface area (Å²) in [5, 5.41) is 88.1. The van der Waals surface area contributed by atoms with E-state index in [2.05, 4.69) is 167 Å². The first-order chi connectivity index (χ1) is 71.4. The molecule has 10 heterocycles. The van der Waals surface area contributed by atoms with E-state index in [1.165, 1.54) is 50.5 Å². The number of anilines is 2. The van der Waals surface area contributed by atoms with Crippen molar-refractivity contribution >= 4 is 272 Å². The van der Waals surface area contributed by atoms with Gasteiger partial charge in [0, 0.05) is 164 Å². The van der Waals surface area contributed by atoms with Crippen LogP contribution in [0.4, 0.5) is 11.4 Å². The number of pyridine rings is 6. The predicted octanol–water partition coefficient (Wildman–Crippen LogP) is 15.4. The number of aliphatic hydroxyl groups excluding tert-OH is 2. The number of hydrogen-bond acceptors (Lipinski definition) is 32. The normalized spacial score (nSPS) is 11.9. The number of hydrogen-bond donors (Lipinski definition) is 14. The number of H-pyrrole nitrogens is 3. The molecule has 0 atom stereocenters. The number of amides is 1. The van der Waals surface area contributed by atoms with Gasteiger partial charge in [0.1, 0.15) is 81.9 Å². The van der Waals surface area contributed by atoms with Gasteiger partial charge in [0.15, 0.2) is 5.78 Å². The molecule has 0 aliphatic carbocycles. The van der Waals surface area contributed by atoms with Crippen LogP contribution in [0.1, 0.15) is 72.9 Å². The van der Waals surface area contributed by atoms with E-state index in [1.807, 2.05) is 66.9 Å². The van der Waals surface area contributed by atoms with Gasteiger partial charge in [0.25, 0.3) is 0 Å². The predicted molar refractivity (Wildman–Crippen MR) is 579 cm³/mol. The third kappa shape index (κ3) is 34.5. The molecule has 40 nitrogen and oxygen atoms in total. The molecule has 0 spiro atoms. The molecule has 18 rings (SSSR count). The Labute approximate surface area is 914 Å². The van der Waals surface area contributed by atoms with Gasteiger partial charge in [-0.15, -0.1) is 0 Å². The Bertz CT molecular complexity index is 7690. The number of Topliss-reactive ketones (excluding diaryl/α,β-unsaturated/α-hetero) is 1. The van der Waals surface area contributed by atoms with Gasteiger partial charge in [-0.05, 0) is 267 Å². The Morgan fingerprint density at radius 2 is 0.953 bits per heavy atom. The summed E-state index contributed by atoms with van der Waals surface area (Å²) < 4.78 is 56.3. The lowest BCUT2D eigenvalue weighted by atomic mass is 9.78. The maximum atomic E-state index is 11.9. The van der Waals surface area contributed by atoms with Crippen LogP contribution in [0.3, 0.4) is 0 Å². The average Bonchev–Trinajstić information content (AvgIpc) is 0.771. The van der Waals surface area contributed by atoms with Crippen LogP contribution in [0.25, 0.3) is 65.4 Å². The van der Waals surface area contributed by atoms with Crippen LogP contribution in [0, 0.1) is 0 Å². The lowest BCUT2D eigenvalue weighted by Crippen LogP contribution is -2.31. The van der Waals surface area contributed by atoms with Gasteiger partial charge in [-0.3, -0.25) is 62.7 Å². The number of methoxy groups -OCH3 is 4. The number of nitrogen functional groups attached to an aromatic ring is 1. The molecule has 786 valence electrons. The first-order valence-corrected chi connectivity index (χ1v) is 50.0. The zero-order valence-electron chi connectivity index (χ0n) is 79.7. The highest BCUT2D eigenvalue weighted by Gasteiger charge is 2.26. The second kappa shape index (κ2) is 57.6. The number of fused-ring (bicyclic) bond motifs is 3. The molecule has 8 aromatic carbocycles. The summed E-state index contributed by atoms with van der Waals surface area (Å²) in [7, 11) is 4.68. The average molecular weight is 2530 g/mol. The summed E-state index contributed by atoms with van der Waals surface area (Å²) in [6.45, 7) is 4.38. The third-order valence-corrected chi connectivity index (χ3v) is 25.7. The van der Waals surface area contributed by atoms with Crippen molar-refractivity contribution < 1.29 is 141 Å². The highest BCUT2D eigenvalue weighted by Crippen LogP contribution is 2.41. The maximum absolute atomic E-state index is 11.9. The molecular weight excluding hydrogens is 2440 g/mol. The fraction of sp³-hybridized carbons (Fsp3) is 0.208. The summed E-state index contributed by atoms with van der Waals surface area (Å²) in [6, 6.07) is 42.2. The minimum absolute atomic E-state index is 0.00573. The number of nitrogens with two attached hydrogens (primary N) is 1. The van der Waals surface area contributed by atoms with E-state index in [9.17, 15) is 77.5 Å². The summed E-state index contributed by atoms with van der Waals surface area (Å²) >= 11 is 29.5. The van der Waals surface area contributed by atoms with Gasteiger partial charge in [-0.1, -0.05) is 17.7 Å². The minimum atomic E-state index is -1.50. The molecule has 0 unspecified atom stereocenters. The number of ketones is 1. The van der Waals surface area contributed by atoms with Crippen LogP contribution in [0.5, 0.6) is 46.0 Å². The number of esters is 4. The largest absolute Gasteiger partial charge is 0.507 e. The Morgan fingerprint density at radius 3 is 1.43 bits per heavy atom. The van der Waals surface area contributed by atoms with Crippen LogP contribution >= 0.6 is 123 Å². The summed E-state index contributed by atoms with van der Waals surface area (Å²) in [5.74, 6) is -3.99. The number of aromatic hydroxyl groups is 1. The Hall–Kier alpha value is -14.0. The van der Waals surface area contributed by atoms with Crippen molar-refractivity contribution in [2.75, 3.05) is 72.5 Å². The molecule has 150 heavy (non-hydrogen) atoms. The quantitative estimate of drug-likeness (QED) is 0.00464. The number of halogens is 8. The SMILES string of the molecule is Brc1ccc2c3c(ccnc13)CCO2.CC(=O)OC1=CC(=O)OC(=O)C1.COc1ccc(Br)c(N)c1.COc1ccc(Br)c(NC(=O)C/C(=C\C(=O)O)OC(C)=O)c1.COc1ccc(Br)c2[nH]c(=O)cc(CC(=O)O)c12.COc1ccc(Br)c2[nH]c(=O)cc(CCO)c12.Clc1cc2c3c(ccc(Br)c3n1)OCC2.O=C(O)CC(=O)CC(=O)O.O=c1cc(CCO)c2c(O)ccc(Br)c2[nH]1.OB(O)c1ccc2c3c(ccnc13)CCO2. The zero-order chi connectivity index (χ0) is 110. The number of nitrogens with zero attached hydrogens (tertiary/aromatic N) is 3. The smallest absolute Gasteiger partial charge is 0.490 e. The molecule has 0 fully saturated rings. The van der Waals surface area contributed by atoms with Crippen LogP contribution in [0.2, 0.25) is 5.15 Å². The molecule has 1 amide bonds. The van der Waals surface area contributed by atoms with Crippen molar-refractivity contribution in [3.8, 4) is 46.0 Å². The number of cyclic esters (lactones) is 2. The van der Waals surface area contributed by atoms with Gasteiger partial charge < -0.3 is 119 Å². The number of carboxylic acids is 4. The summed E-state index contributed by atoms with van der Waals surface area (Å²) in [6.07, 6.45) is 6.42. The topological polar surface area (TPSA) is 620 Å². The number of carbonyl (C=O) groups is 10. The number of carbonyl (C=O) groups excluding carboxylic acids is 6. The number of aromatic amines is 3. The van der Waals surface area contributed by atoms with Gasteiger partial charge in [-0.25, -0.2) is 14.6 Å². The molecule has 0 radical (unpaired) electrons. The van der Waals surface area contributed by atoms with E-state index >= 15 is 0 Å². The van der Waals surface area contributed by atoms with E-state index in [0.717, 1.165) is 123 Å². The summed E-state index contributed by atoms with van der Waals surface area (Å²) in [5.41, 5.74) is 16.2. The van der Waals surface area contributed by atoms with Crippen molar-refractivity contribution in [3.63, 3.8) is 0 Å². The monoisotopic (exact) mass is 2530 g/mol. The van der Waals surface area contributed by atoms with Crippen molar-refractivity contribution in [3.05, 3.63) is 283 Å². The van der Waals surface area contributed by atoms with E-state index in [-0.39, 0.29) is 60.0 Å². The van der Waals surface area contributed by atoms with Crippen molar-refractivity contribution in [1.29, 1.82) is 0 Å². The highest BCUT2D eigenvalue weighted by molar-refractivity contribution is 9.11. The fourth-order valence-electron chi connectivity index (χ4n) is 14.7. The molecule has 4 aliphatic rings. The first-order valence-electron chi connectivity index (χ1n) is 44.0.